The first-order valence-corrected chi connectivity index (χ1v) is 7.17. The Morgan fingerprint density at radius 3 is 2.60 bits per heavy atom. The number of hydrogen-bond acceptors (Lipinski definition) is 6. The van der Waals surface area contributed by atoms with Crippen LogP contribution in [-0.4, -0.2) is 41.7 Å². The Labute approximate surface area is 115 Å². The van der Waals surface area contributed by atoms with Crippen molar-refractivity contribution in [3.63, 3.8) is 0 Å². The minimum absolute atomic E-state index is 0.0350. The van der Waals surface area contributed by atoms with Gasteiger partial charge in [-0.15, -0.1) is 8.98 Å². The standard InChI is InChI=1S/C11H13FN4O3S/c12-20(18,19)11-3-1-10(2-4-11)16-8-9(14-15-16)7-13-5-6-17/h1-4,8,13,17H,5-7H2. The highest BCUT2D eigenvalue weighted by atomic mass is 32.3. The highest BCUT2D eigenvalue weighted by Gasteiger charge is 2.11. The zero-order valence-corrected chi connectivity index (χ0v) is 11.2. The highest BCUT2D eigenvalue weighted by molar-refractivity contribution is 7.86. The van der Waals surface area contributed by atoms with Gasteiger partial charge in [0.2, 0.25) is 0 Å². The summed E-state index contributed by atoms with van der Waals surface area (Å²) in [5.74, 6) is 0. The van der Waals surface area contributed by atoms with E-state index in [1.54, 1.807) is 6.20 Å². The fourth-order valence-electron chi connectivity index (χ4n) is 1.56. The molecule has 0 unspecified atom stereocenters. The fourth-order valence-corrected chi connectivity index (χ4v) is 2.02. The number of halogens is 1. The van der Waals surface area contributed by atoms with Crippen molar-refractivity contribution in [1.29, 1.82) is 0 Å². The van der Waals surface area contributed by atoms with Gasteiger partial charge in [-0.05, 0) is 24.3 Å². The van der Waals surface area contributed by atoms with Crippen LogP contribution in [0.5, 0.6) is 0 Å². The molecule has 0 aliphatic rings. The van der Waals surface area contributed by atoms with E-state index in [4.69, 9.17) is 5.11 Å². The van der Waals surface area contributed by atoms with Crippen molar-refractivity contribution in [3.8, 4) is 5.69 Å². The van der Waals surface area contributed by atoms with Crippen molar-refractivity contribution in [3.05, 3.63) is 36.2 Å². The molecule has 0 atom stereocenters. The third-order valence-corrected chi connectivity index (χ3v) is 3.35. The predicted molar refractivity (Wildman–Crippen MR) is 68.4 cm³/mol. The Kier molecular flexibility index (Phi) is 4.42. The molecule has 0 saturated carbocycles. The number of hydrogen-bond donors (Lipinski definition) is 2. The van der Waals surface area contributed by atoms with Gasteiger partial charge in [-0.2, -0.15) is 8.42 Å². The third-order valence-electron chi connectivity index (χ3n) is 2.52. The molecular formula is C11H13FN4O3S. The number of aliphatic hydroxyl groups excluding tert-OH is 1. The van der Waals surface area contributed by atoms with Crippen LogP contribution < -0.4 is 5.32 Å². The van der Waals surface area contributed by atoms with Gasteiger partial charge in [-0.3, -0.25) is 0 Å². The van der Waals surface area contributed by atoms with Crippen LogP contribution in [0.1, 0.15) is 5.69 Å². The molecule has 20 heavy (non-hydrogen) atoms. The Bertz CT molecular complexity index is 669. The summed E-state index contributed by atoms with van der Waals surface area (Å²) in [6.45, 7) is 0.945. The molecule has 9 heteroatoms. The summed E-state index contributed by atoms with van der Waals surface area (Å²) < 4.78 is 35.6. The topological polar surface area (TPSA) is 97.1 Å². The van der Waals surface area contributed by atoms with Crippen molar-refractivity contribution < 1.29 is 17.4 Å². The second kappa shape index (κ2) is 6.07. The first-order chi connectivity index (χ1) is 9.50. The second-order valence-electron chi connectivity index (χ2n) is 3.99. The normalized spacial score (nSPS) is 11.7. The summed E-state index contributed by atoms with van der Waals surface area (Å²) >= 11 is 0. The van der Waals surface area contributed by atoms with Gasteiger partial charge in [-0.1, -0.05) is 5.21 Å². The van der Waals surface area contributed by atoms with Crippen molar-refractivity contribution >= 4 is 10.2 Å². The maximum absolute atomic E-state index is 12.7. The van der Waals surface area contributed by atoms with Crippen molar-refractivity contribution in [2.75, 3.05) is 13.2 Å². The molecule has 7 nitrogen and oxygen atoms in total. The molecule has 0 aliphatic carbocycles. The Morgan fingerprint density at radius 2 is 2.00 bits per heavy atom. The lowest BCUT2D eigenvalue weighted by Crippen LogP contribution is -2.17. The van der Waals surface area contributed by atoms with E-state index >= 15 is 0 Å². The molecule has 2 N–H and O–H groups in total. The van der Waals surface area contributed by atoms with Crippen LogP contribution in [0.4, 0.5) is 3.89 Å². The van der Waals surface area contributed by atoms with Crippen LogP contribution in [-0.2, 0) is 16.8 Å². The Morgan fingerprint density at radius 1 is 1.30 bits per heavy atom. The van der Waals surface area contributed by atoms with Crippen LogP contribution in [0, 0.1) is 0 Å². The average molecular weight is 300 g/mol. The molecule has 2 aromatic rings. The number of rotatable bonds is 6. The molecule has 0 bridgehead atoms. The first kappa shape index (κ1) is 14.6. The number of nitrogens with zero attached hydrogens (tertiary/aromatic N) is 3. The van der Waals surface area contributed by atoms with Crippen LogP contribution in [0.15, 0.2) is 35.4 Å². The molecule has 0 saturated heterocycles. The van der Waals surface area contributed by atoms with Crippen molar-refractivity contribution in [2.45, 2.75) is 11.4 Å². The molecular weight excluding hydrogens is 287 g/mol. The summed E-state index contributed by atoms with van der Waals surface area (Å²) in [6.07, 6.45) is 1.66. The third kappa shape index (κ3) is 3.59. The molecule has 1 aromatic heterocycles. The lowest BCUT2D eigenvalue weighted by molar-refractivity contribution is 0.291. The van der Waals surface area contributed by atoms with Crippen LogP contribution in [0.2, 0.25) is 0 Å². The highest BCUT2D eigenvalue weighted by Crippen LogP contribution is 2.15. The summed E-state index contributed by atoms with van der Waals surface area (Å²) in [5, 5.41) is 19.4. The Balaban J connectivity index is 2.12. The minimum Gasteiger partial charge on any atom is -0.395 e. The lowest BCUT2D eigenvalue weighted by atomic mass is 10.3. The maximum Gasteiger partial charge on any atom is 0.332 e. The van der Waals surface area contributed by atoms with E-state index in [9.17, 15) is 12.3 Å². The molecule has 0 spiro atoms. The first-order valence-electron chi connectivity index (χ1n) is 5.78. The zero-order valence-electron chi connectivity index (χ0n) is 10.4. The molecule has 108 valence electrons. The van der Waals surface area contributed by atoms with Crippen LogP contribution in [0.25, 0.3) is 5.69 Å². The molecule has 1 aromatic carbocycles. The summed E-state index contributed by atoms with van der Waals surface area (Å²) in [4.78, 5) is -0.397. The van der Waals surface area contributed by atoms with E-state index in [-0.39, 0.29) is 6.61 Å². The van der Waals surface area contributed by atoms with Gasteiger partial charge in [0.1, 0.15) is 0 Å². The maximum atomic E-state index is 12.7. The molecule has 0 radical (unpaired) electrons. The van der Waals surface area contributed by atoms with E-state index in [1.807, 2.05) is 0 Å². The number of aliphatic hydroxyl groups is 1. The van der Waals surface area contributed by atoms with Gasteiger partial charge in [0.15, 0.2) is 0 Å². The summed E-state index contributed by atoms with van der Waals surface area (Å²) in [5.41, 5.74) is 1.24. The van der Waals surface area contributed by atoms with Crippen LogP contribution in [0.3, 0.4) is 0 Å². The summed E-state index contributed by atoms with van der Waals surface area (Å²) in [6, 6.07) is 5.20. The van der Waals surface area contributed by atoms with Crippen LogP contribution >= 0.6 is 0 Å². The SMILES string of the molecule is O=S(=O)(F)c1ccc(-n2cc(CNCCO)nn2)cc1. The predicted octanol–water partition coefficient (Wildman–Crippen LogP) is 0.00740. The van der Waals surface area contributed by atoms with E-state index in [2.05, 4.69) is 15.6 Å². The number of benzene rings is 1. The van der Waals surface area contributed by atoms with Gasteiger partial charge >= 0.3 is 10.2 Å². The van der Waals surface area contributed by atoms with Gasteiger partial charge < -0.3 is 10.4 Å². The molecule has 2 rings (SSSR count). The fraction of sp³-hybridized carbons (Fsp3) is 0.273. The van der Waals surface area contributed by atoms with Crippen molar-refractivity contribution in [2.24, 2.45) is 0 Å². The minimum atomic E-state index is -4.69. The van der Waals surface area contributed by atoms with Gasteiger partial charge in [0.25, 0.3) is 0 Å². The molecule has 1 heterocycles. The Hall–Kier alpha value is -1.84. The van der Waals surface area contributed by atoms with Gasteiger partial charge in [0, 0.05) is 13.1 Å². The van der Waals surface area contributed by atoms with E-state index in [0.717, 1.165) is 12.1 Å². The number of aromatic nitrogens is 3. The molecule has 0 aliphatic heterocycles. The van der Waals surface area contributed by atoms with E-state index in [1.165, 1.54) is 16.8 Å². The smallest absolute Gasteiger partial charge is 0.332 e. The quantitative estimate of drug-likeness (QED) is 0.576. The van der Waals surface area contributed by atoms with Gasteiger partial charge in [0.05, 0.1) is 29.1 Å². The second-order valence-corrected chi connectivity index (χ2v) is 5.33. The molecule has 0 fully saturated rings. The van der Waals surface area contributed by atoms with Crippen molar-refractivity contribution in [1.82, 2.24) is 20.3 Å². The largest absolute Gasteiger partial charge is 0.395 e. The molecule has 0 amide bonds. The van der Waals surface area contributed by atoms with E-state index < -0.39 is 15.1 Å². The monoisotopic (exact) mass is 300 g/mol. The lowest BCUT2D eigenvalue weighted by Gasteiger charge is -2.00. The average Bonchev–Trinajstić information content (AvgIpc) is 2.87. The zero-order chi connectivity index (χ0) is 14.6. The summed E-state index contributed by atoms with van der Waals surface area (Å²) in [7, 11) is -4.69. The van der Waals surface area contributed by atoms with E-state index in [0.29, 0.717) is 24.5 Å². The number of nitrogens with one attached hydrogen (secondary N) is 1. The van der Waals surface area contributed by atoms with Gasteiger partial charge in [-0.25, -0.2) is 4.68 Å².